The van der Waals surface area contributed by atoms with E-state index in [2.05, 4.69) is 17.6 Å². The van der Waals surface area contributed by atoms with Gasteiger partial charge in [0.25, 0.3) is 5.91 Å². The van der Waals surface area contributed by atoms with Crippen LogP contribution in [0.1, 0.15) is 36.6 Å². The first kappa shape index (κ1) is 19.6. The standard InChI is InChI=1S/C21H22ClN3O/c1-3-16-4-8-18(9-5-16)15(2)25-21(26)19(12-23)14-24-13-17-6-10-20(22)11-7-17/h4-11,14-15,24H,3,13H2,1-2H3,(H,25,26)/b19-14-. The molecule has 0 aliphatic rings. The molecule has 0 saturated carbocycles. The van der Waals surface area contributed by atoms with Gasteiger partial charge in [-0.2, -0.15) is 5.26 Å². The van der Waals surface area contributed by atoms with Gasteiger partial charge < -0.3 is 10.6 Å². The van der Waals surface area contributed by atoms with Crippen LogP contribution in [0.3, 0.4) is 0 Å². The monoisotopic (exact) mass is 367 g/mol. The predicted octanol–water partition coefficient (Wildman–Crippen LogP) is 4.28. The largest absolute Gasteiger partial charge is 0.386 e. The van der Waals surface area contributed by atoms with E-state index in [1.54, 1.807) is 12.1 Å². The summed E-state index contributed by atoms with van der Waals surface area (Å²) < 4.78 is 0. The second-order valence-corrected chi connectivity index (χ2v) is 6.40. The number of nitrogens with one attached hydrogen (secondary N) is 2. The summed E-state index contributed by atoms with van der Waals surface area (Å²) in [5.41, 5.74) is 3.29. The number of benzene rings is 2. The quantitative estimate of drug-likeness (QED) is 0.567. The van der Waals surface area contributed by atoms with Crippen molar-refractivity contribution in [2.24, 2.45) is 0 Å². The first-order valence-electron chi connectivity index (χ1n) is 8.51. The van der Waals surface area contributed by atoms with E-state index in [0.717, 1.165) is 17.5 Å². The van der Waals surface area contributed by atoms with Crippen LogP contribution in [0, 0.1) is 11.3 Å². The molecule has 0 heterocycles. The number of halogens is 1. The molecule has 1 amide bonds. The average molecular weight is 368 g/mol. The summed E-state index contributed by atoms with van der Waals surface area (Å²) in [6, 6.07) is 17.2. The number of rotatable bonds is 7. The number of carbonyl (C=O) groups is 1. The van der Waals surface area contributed by atoms with Crippen LogP contribution in [0.15, 0.2) is 60.3 Å². The van der Waals surface area contributed by atoms with Crippen LogP contribution >= 0.6 is 11.6 Å². The van der Waals surface area contributed by atoms with Crippen LogP contribution in [0.2, 0.25) is 5.02 Å². The van der Waals surface area contributed by atoms with E-state index in [0.29, 0.717) is 11.6 Å². The predicted molar refractivity (Wildman–Crippen MR) is 104 cm³/mol. The van der Waals surface area contributed by atoms with Gasteiger partial charge in [0.15, 0.2) is 0 Å². The SMILES string of the molecule is CCc1ccc(C(C)NC(=O)/C(C#N)=C\NCc2ccc(Cl)cc2)cc1. The van der Waals surface area contributed by atoms with Gasteiger partial charge in [0.05, 0.1) is 6.04 Å². The van der Waals surface area contributed by atoms with Gasteiger partial charge >= 0.3 is 0 Å². The molecule has 2 aromatic rings. The second-order valence-electron chi connectivity index (χ2n) is 5.97. The maximum atomic E-state index is 12.3. The average Bonchev–Trinajstić information content (AvgIpc) is 2.66. The lowest BCUT2D eigenvalue weighted by Gasteiger charge is -2.14. The molecule has 0 aromatic heterocycles. The van der Waals surface area contributed by atoms with E-state index in [9.17, 15) is 10.1 Å². The third-order valence-corrected chi connectivity index (χ3v) is 4.32. The zero-order valence-electron chi connectivity index (χ0n) is 14.9. The van der Waals surface area contributed by atoms with E-state index in [1.807, 2.05) is 49.4 Å². The van der Waals surface area contributed by atoms with Crippen molar-refractivity contribution in [1.82, 2.24) is 10.6 Å². The molecule has 5 heteroatoms. The van der Waals surface area contributed by atoms with Crippen LogP contribution in [-0.4, -0.2) is 5.91 Å². The number of amides is 1. The summed E-state index contributed by atoms with van der Waals surface area (Å²) in [5.74, 6) is -0.400. The molecule has 0 radical (unpaired) electrons. The lowest BCUT2D eigenvalue weighted by Crippen LogP contribution is -2.28. The van der Waals surface area contributed by atoms with Gasteiger partial charge in [-0.3, -0.25) is 4.79 Å². The smallest absolute Gasteiger partial charge is 0.263 e. The molecule has 26 heavy (non-hydrogen) atoms. The van der Waals surface area contributed by atoms with Crippen LogP contribution < -0.4 is 10.6 Å². The zero-order chi connectivity index (χ0) is 18.9. The van der Waals surface area contributed by atoms with Gasteiger partial charge in [0.1, 0.15) is 11.6 Å². The molecule has 0 spiro atoms. The lowest BCUT2D eigenvalue weighted by atomic mass is 10.0. The Hall–Kier alpha value is -2.77. The maximum absolute atomic E-state index is 12.3. The first-order chi connectivity index (χ1) is 12.5. The summed E-state index contributed by atoms with van der Waals surface area (Å²) >= 11 is 5.85. The Morgan fingerprint density at radius 1 is 1.15 bits per heavy atom. The Labute approximate surface area is 159 Å². The number of aryl methyl sites for hydroxylation is 1. The lowest BCUT2D eigenvalue weighted by molar-refractivity contribution is -0.117. The summed E-state index contributed by atoms with van der Waals surface area (Å²) in [5, 5.41) is 15.8. The van der Waals surface area contributed by atoms with Gasteiger partial charge in [0, 0.05) is 17.8 Å². The highest BCUT2D eigenvalue weighted by Crippen LogP contribution is 2.14. The summed E-state index contributed by atoms with van der Waals surface area (Å²) in [4.78, 5) is 12.3. The second kappa shape index (κ2) is 9.65. The fraction of sp³-hybridized carbons (Fsp3) is 0.238. The van der Waals surface area contributed by atoms with Crippen molar-refractivity contribution in [3.63, 3.8) is 0 Å². The zero-order valence-corrected chi connectivity index (χ0v) is 15.7. The molecule has 2 rings (SSSR count). The number of carbonyl (C=O) groups excluding carboxylic acids is 1. The van der Waals surface area contributed by atoms with E-state index in [-0.39, 0.29) is 11.6 Å². The summed E-state index contributed by atoms with van der Waals surface area (Å²) in [6.45, 7) is 4.50. The molecule has 1 atom stereocenters. The number of hydrogen-bond acceptors (Lipinski definition) is 3. The number of nitriles is 1. The van der Waals surface area contributed by atoms with E-state index >= 15 is 0 Å². The number of nitrogens with zero attached hydrogens (tertiary/aromatic N) is 1. The van der Waals surface area contributed by atoms with Crippen LogP contribution in [0.4, 0.5) is 0 Å². The Kier molecular flexibility index (Phi) is 7.25. The molecule has 2 N–H and O–H groups in total. The van der Waals surface area contributed by atoms with E-state index in [1.165, 1.54) is 11.8 Å². The minimum absolute atomic E-state index is 0.0380. The molecule has 134 valence electrons. The Bertz CT molecular complexity index is 805. The minimum atomic E-state index is -0.400. The van der Waals surface area contributed by atoms with E-state index < -0.39 is 5.91 Å². The van der Waals surface area contributed by atoms with Crippen LogP contribution in [-0.2, 0) is 17.8 Å². The highest BCUT2D eigenvalue weighted by molar-refractivity contribution is 6.30. The minimum Gasteiger partial charge on any atom is -0.386 e. The van der Waals surface area contributed by atoms with Gasteiger partial charge in [-0.05, 0) is 42.2 Å². The topological polar surface area (TPSA) is 64.9 Å². The maximum Gasteiger partial charge on any atom is 0.263 e. The van der Waals surface area contributed by atoms with Gasteiger partial charge in [-0.15, -0.1) is 0 Å². The molecule has 0 aliphatic heterocycles. The summed E-state index contributed by atoms with van der Waals surface area (Å²) in [6.07, 6.45) is 2.42. The van der Waals surface area contributed by atoms with Crippen molar-refractivity contribution >= 4 is 17.5 Å². The third-order valence-electron chi connectivity index (χ3n) is 4.07. The van der Waals surface area contributed by atoms with Gasteiger partial charge in [0.2, 0.25) is 0 Å². The molecule has 0 fully saturated rings. The number of hydrogen-bond donors (Lipinski definition) is 2. The van der Waals surface area contributed by atoms with Gasteiger partial charge in [-0.1, -0.05) is 54.9 Å². The molecule has 2 aromatic carbocycles. The molecular formula is C21H22ClN3O. The van der Waals surface area contributed by atoms with Gasteiger partial charge in [-0.25, -0.2) is 0 Å². The first-order valence-corrected chi connectivity index (χ1v) is 8.89. The van der Waals surface area contributed by atoms with Crippen molar-refractivity contribution in [1.29, 1.82) is 5.26 Å². The Morgan fingerprint density at radius 3 is 2.35 bits per heavy atom. The normalized spacial score (nSPS) is 12.2. The molecular weight excluding hydrogens is 346 g/mol. The van der Waals surface area contributed by atoms with Crippen LogP contribution in [0.25, 0.3) is 0 Å². The van der Waals surface area contributed by atoms with Crippen molar-refractivity contribution < 1.29 is 4.79 Å². The summed E-state index contributed by atoms with van der Waals surface area (Å²) in [7, 11) is 0. The molecule has 0 aliphatic carbocycles. The fourth-order valence-electron chi connectivity index (χ4n) is 2.42. The van der Waals surface area contributed by atoms with E-state index in [4.69, 9.17) is 11.6 Å². The molecule has 4 nitrogen and oxygen atoms in total. The molecule has 1 unspecified atom stereocenters. The van der Waals surface area contributed by atoms with Crippen molar-refractivity contribution in [2.45, 2.75) is 32.9 Å². The Morgan fingerprint density at radius 2 is 1.77 bits per heavy atom. The van der Waals surface area contributed by atoms with Crippen molar-refractivity contribution in [2.75, 3.05) is 0 Å². The molecule has 0 saturated heterocycles. The Balaban J connectivity index is 1.94. The molecule has 0 bridgehead atoms. The highest BCUT2D eigenvalue weighted by atomic mass is 35.5. The third kappa shape index (κ3) is 5.65. The van der Waals surface area contributed by atoms with Crippen LogP contribution in [0.5, 0.6) is 0 Å². The highest BCUT2D eigenvalue weighted by Gasteiger charge is 2.13. The van der Waals surface area contributed by atoms with Crippen molar-refractivity contribution in [3.05, 3.63) is 82.0 Å². The van der Waals surface area contributed by atoms with Crippen molar-refractivity contribution in [3.8, 4) is 6.07 Å². The fourth-order valence-corrected chi connectivity index (χ4v) is 2.55.